The quantitative estimate of drug-likeness (QED) is 0.882. The van der Waals surface area contributed by atoms with E-state index in [1.807, 2.05) is 49.0 Å². The van der Waals surface area contributed by atoms with Crippen molar-refractivity contribution in [3.05, 3.63) is 48.0 Å². The van der Waals surface area contributed by atoms with Crippen molar-refractivity contribution in [1.29, 1.82) is 0 Å². The first-order valence-corrected chi connectivity index (χ1v) is 6.22. The minimum absolute atomic E-state index is 0.195. The zero-order chi connectivity index (χ0) is 13.7. The molecular formula is C14H18N4O. The zero-order valence-corrected chi connectivity index (χ0v) is 11.2. The van der Waals surface area contributed by atoms with Crippen molar-refractivity contribution in [2.45, 2.75) is 13.3 Å². The molecule has 0 saturated carbocycles. The Morgan fingerprint density at radius 3 is 2.68 bits per heavy atom. The number of carbonyl (C=O) groups excluding carboxylic acids is 1. The Morgan fingerprint density at radius 1 is 1.32 bits per heavy atom. The molecule has 1 aromatic carbocycles. The first kappa shape index (κ1) is 13.1. The fraction of sp³-hybridized carbons (Fsp3) is 0.286. The molecule has 0 unspecified atom stereocenters. The van der Waals surface area contributed by atoms with Crippen LogP contribution in [-0.2, 0) is 13.5 Å². The summed E-state index contributed by atoms with van der Waals surface area (Å²) in [5.74, 6) is 0. The molecule has 1 aromatic heterocycles. The number of imidazole rings is 1. The van der Waals surface area contributed by atoms with E-state index in [1.54, 1.807) is 6.33 Å². The van der Waals surface area contributed by atoms with Gasteiger partial charge in [-0.3, -0.25) is 0 Å². The number of nitrogens with one attached hydrogen (secondary N) is 2. The second-order valence-corrected chi connectivity index (χ2v) is 4.53. The number of aromatic nitrogens is 2. The lowest BCUT2D eigenvalue weighted by Crippen LogP contribution is -2.30. The van der Waals surface area contributed by atoms with E-state index in [2.05, 4.69) is 15.6 Å². The third-order valence-electron chi connectivity index (χ3n) is 2.73. The predicted molar refractivity (Wildman–Crippen MR) is 75.1 cm³/mol. The number of hydrogen-bond acceptors (Lipinski definition) is 2. The Balaban J connectivity index is 1.74. The first-order chi connectivity index (χ1) is 9.13. The maximum atomic E-state index is 11.6. The van der Waals surface area contributed by atoms with Gasteiger partial charge in [-0.05, 0) is 19.1 Å². The standard InChI is InChI=1S/C14H18N4O/c1-11-3-5-12(6-4-11)17-14(19)15-8-7-13-9-18(2)10-16-13/h3-6,9-10H,7-8H2,1-2H3,(H2,15,17,19). The summed E-state index contributed by atoms with van der Waals surface area (Å²) >= 11 is 0. The van der Waals surface area contributed by atoms with Crippen LogP contribution >= 0.6 is 0 Å². The molecular weight excluding hydrogens is 240 g/mol. The van der Waals surface area contributed by atoms with Crippen LogP contribution < -0.4 is 10.6 Å². The third kappa shape index (κ3) is 4.13. The molecule has 0 fully saturated rings. The molecule has 0 radical (unpaired) electrons. The van der Waals surface area contributed by atoms with Crippen molar-refractivity contribution in [3.63, 3.8) is 0 Å². The highest BCUT2D eigenvalue weighted by molar-refractivity contribution is 5.89. The van der Waals surface area contributed by atoms with Gasteiger partial charge in [0.05, 0.1) is 12.0 Å². The highest BCUT2D eigenvalue weighted by Crippen LogP contribution is 2.07. The minimum Gasteiger partial charge on any atom is -0.340 e. The Morgan fingerprint density at radius 2 is 2.05 bits per heavy atom. The molecule has 5 heteroatoms. The summed E-state index contributed by atoms with van der Waals surface area (Å²) in [7, 11) is 1.92. The molecule has 0 atom stereocenters. The fourth-order valence-corrected chi connectivity index (χ4v) is 1.71. The van der Waals surface area contributed by atoms with Crippen LogP contribution in [0.1, 0.15) is 11.3 Å². The van der Waals surface area contributed by atoms with Gasteiger partial charge in [-0.25, -0.2) is 9.78 Å². The van der Waals surface area contributed by atoms with Crippen LogP contribution in [0.5, 0.6) is 0 Å². The predicted octanol–water partition coefficient (Wildman–Crippen LogP) is 2.09. The Kier molecular flexibility index (Phi) is 4.18. The minimum atomic E-state index is -0.195. The van der Waals surface area contributed by atoms with E-state index in [9.17, 15) is 4.79 Å². The monoisotopic (exact) mass is 258 g/mol. The summed E-state index contributed by atoms with van der Waals surface area (Å²) in [4.78, 5) is 15.8. The summed E-state index contributed by atoms with van der Waals surface area (Å²) in [5.41, 5.74) is 2.93. The fourth-order valence-electron chi connectivity index (χ4n) is 1.71. The molecule has 100 valence electrons. The molecule has 0 aliphatic rings. The van der Waals surface area contributed by atoms with E-state index in [0.29, 0.717) is 6.54 Å². The average molecular weight is 258 g/mol. The molecule has 1 heterocycles. The second-order valence-electron chi connectivity index (χ2n) is 4.53. The molecule has 19 heavy (non-hydrogen) atoms. The van der Waals surface area contributed by atoms with Gasteiger partial charge in [0.1, 0.15) is 0 Å². The topological polar surface area (TPSA) is 59.0 Å². The van der Waals surface area contributed by atoms with Crippen molar-refractivity contribution < 1.29 is 4.79 Å². The molecule has 2 amide bonds. The lowest BCUT2D eigenvalue weighted by atomic mass is 10.2. The summed E-state index contributed by atoms with van der Waals surface area (Å²) in [6.45, 7) is 2.57. The number of aryl methyl sites for hydroxylation is 2. The first-order valence-electron chi connectivity index (χ1n) is 6.22. The Labute approximate surface area is 112 Å². The van der Waals surface area contributed by atoms with Crippen LogP contribution in [0.3, 0.4) is 0 Å². The van der Waals surface area contributed by atoms with E-state index >= 15 is 0 Å². The summed E-state index contributed by atoms with van der Waals surface area (Å²) in [6.07, 6.45) is 4.42. The van der Waals surface area contributed by atoms with Gasteiger partial charge < -0.3 is 15.2 Å². The number of rotatable bonds is 4. The lowest BCUT2D eigenvalue weighted by molar-refractivity contribution is 0.252. The molecule has 0 saturated heterocycles. The molecule has 0 spiro atoms. The molecule has 2 aromatic rings. The third-order valence-corrected chi connectivity index (χ3v) is 2.73. The van der Waals surface area contributed by atoms with Gasteiger partial charge >= 0.3 is 6.03 Å². The molecule has 5 nitrogen and oxygen atoms in total. The number of benzene rings is 1. The number of amides is 2. The molecule has 0 bridgehead atoms. The van der Waals surface area contributed by atoms with Crippen LogP contribution in [0.2, 0.25) is 0 Å². The highest BCUT2D eigenvalue weighted by atomic mass is 16.2. The Hall–Kier alpha value is -2.30. The summed E-state index contributed by atoms with van der Waals surface area (Å²) in [6, 6.07) is 7.49. The van der Waals surface area contributed by atoms with Crippen molar-refractivity contribution in [1.82, 2.24) is 14.9 Å². The van der Waals surface area contributed by atoms with Gasteiger partial charge in [0.25, 0.3) is 0 Å². The van der Waals surface area contributed by atoms with E-state index in [1.165, 1.54) is 5.56 Å². The summed E-state index contributed by atoms with van der Waals surface area (Å²) in [5, 5.41) is 5.59. The van der Waals surface area contributed by atoms with Gasteiger partial charge in [-0.15, -0.1) is 0 Å². The van der Waals surface area contributed by atoms with E-state index < -0.39 is 0 Å². The lowest BCUT2D eigenvalue weighted by Gasteiger charge is -2.07. The van der Waals surface area contributed by atoms with Crippen molar-refractivity contribution >= 4 is 11.7 Å². The van der Waals surface area contributed by atoms with Gasteiger partial charge in [0, 0.05) is 31.9 Å². The smallest absolute Gasteiger partial charge is 0.319 e. The van der Waals surface area contributed by atoms with Gasteiger partial charge in [-0.1, -0.05) is 17.7 Å². The van der Waals surface area contributed by atoms with Crippen LogP contribution in [0, 0.1) is 6.92 Å². The second kappa shape index (κ2) is 6.04. The van der Waals surface area contributed by atoms with Gasteiger partial charge in [-0.2, -0.15) is 0 Å². The van der Waals surface area contributed by atoms with Gasteiger partial charge in [0.2, 0.25) is 0 Å². The number of hydrogen-bond donors (Lipinski definition) is 2. The number of nitrogens with zero attached hydrogens (tertiary/aromatic N) is 2. The maximum absolute atomic E-state index is 11.6. The van der Waals surface area contributed by atoms with E-state index in [-0.39, 0.29) is 6.03 Å². The molecule has 0 aliphatic heterocycles. The van der Waals surface area contributed by atoms with E-state index in [0.717, 1.165) is 17.8 Å². The average Bonchev–Trinajstić information content (AvgIpc) is 2.78. The van der Waals surface area contributed by atoms with Gasteiger partial charge in [0.15, 0.2) is 0 Å². The number of urea groups is 1. The van der Waals surface area contributed by atoms with E-state index in [4.69, 9.17) is 0 Å². The van der Waals surface area contributed by atoms with Crippen LogP contribution in [0.15, 0.2) is 36.8 Å². The maximum Gasteiger partial charge on any atom is 0.319 e. The van der Waals surface area contributed by atoms with Crippen molar-refractivity contribution in [2.75, 3.05) is 11.9 Å². The molecule has 0 aliphatic carbocycles. The summed E-state index contributed by atoms with van der Waals surface area (Å²) < 4.78 is 1.89. The zero-order valence-electron chi connectivity index (χ0n) is 11.2. The largest absolute Gasteiger partial charge is 0.340 e. The number of carbonyl (C=O) groups is 1. The van der Waals surface area contributed by atoms with Crippen LogP contribution in [0.25, 0.3) is 0 Å². The normalized spacial score (nSPS) is 10.2. The van der Waals surface area contributed by atoms with Crippen molar-refractivity contribution in [2.24, 2.45) is 7.05 Å². The highest BCUT2D eigenvalue weighted by Gasteiger charge is 2.02. The Bertz CT molecular complexity index is 545. The SMILES string of the molecule is Cc1ccc(NC(=O)NCCc2cn(C)cn2)cc1. The van der Waals surface area contributed by atoms with Crippen LogP contribution in [-0.4, -0.2) is 22.1 Å². The number of anilines is 1. The van der Waals surface area contributed by atoms with Crippen LogP contribution in [0.4, 0.5) is 10.5 Å². The molecule has 2 rings (SSSR count). The molecule has 2 N–H and O–H groups in total. The van der Waals surface area contributed by atoms with Crippen molar-refractivity contribution in [3.8, 4) is 0 Å².